The molecule has 0 aliphatic carbocycles. The summed E-state index contributed by atoms with van der Waals surface area (Å²) in [6.07, 6.45) is 1.52. The van der Waals surface area contributed by atoms with Gasteiger partial charge in [0.25, 0.3) is 5.91 Å². The van der Waals surface area contributed by atoms with Gasteiger partial charge in [0, 0.05) is 12.3 Å². The molecule has 0 unspecified atom stereocenters. The molecule has 11 heteroatoms. The van der Waals surface area contributed by atoms with Crippen LogP contribution in [-0.2, 0) is 11.5 Å². The number of carbonyl (C=O) groups excluding carboxylic acids is 3. The summed E-state index contributed by atoms with van der Waals surface area (Å²) in [5.41, 5.74) is 0.662. The number of amides is 1. The molecule has 3 aromatic rings. The first-order chi connectivity index (χ1) is 15.2. The van der Waals surface area contributed by atoms with Gasteiger partial charge in [-0.25, -0.2) is 13.9 Å². The molecule has 168 valence electrons. The van der Waals surface area contributed by atoms with Crippen molar-refractivity contribution >= 4 is 45.6 Å². The van der Waals surface area contributed by atoms with Gasteiger partial charge in [0.05, 0.1) is 22.1 Å². The molecule has 1 amide bonds. The fourth-order valence-corrected chi connectivity index (χ4v) is 4.07. The van der Waals surface area contributed by atoms with Crippen LogP contribution >= 0.6 is 22.9 Å². The Balaban J connectivity index is 1.74. The molecule has 3 rings (SSSR count). The van der Waals surface area contributed by atoms with Crippen LogP contribution in [0.4, 0.5) is 9.39 Å². The maximum absolute atomic E-state index is 13.2. The number of Topliss-reactive ketones (excluding diaryl/α,β-unsaturated/α-hetero) is 1. The second-order valence-electron chi connectivity index (χ2n) is 6.58. The number of anilines is 1. The number of nitrogens with zero attached hydrogens (tertiary/aromatic N) is 2. The zero-order valence-electron chi connectivity index (χ0n) is 17.4. The van der Waals surface area contributed by atoms with Crippen LogP contribution in [0, 0.1) is 12.7 Å². The molecule has 2 heterocycles. The summed E-state index contributed by atoms with van der Waals surface area (Å²) in [5.74, 6) is -1.64. The highest BCUT2D eigenvalue weighted by molar-refractivity contribution is 7.18. The van der Waals surface area contributed by atoms with Gasteiger partial charge in [0.15, 0.2) is 18.2 Å². The summed E-state index contributed by atoms with van der Waals surface area (Å²) >= 11 is 6.73. The highest BCUT2D eigenvalue weighted by Gasteiger charge is 2.26. The average Bonchev–Trinajstić information content (AvgIpc) is 3.34. The lowest BCUT2D eigenvalue weighted by Crippen LogP contribution is -2.16. The number of rotatable bonds is 8. The normalized spacial score (nSPS) is 10.7. The molecular formula is C21H19ClFN3O5S. The van der Waals surface area contributed by atoms with E-state index in [0.717, 1.165) is 11.3 Å². The lowest BCUT2D eigenvalue weighted by Gasteiger charge is -2.07. The molecule has 0 bridgehead atoms. The van der Waals surface area contributed by atoms with Gasteiger partial charge in [-0.15, -0.1) is 11.3 Å². The predicted octanol–water partition coefficient (Wildman–Crippen LogP) is 4.71. The van der Waals surface area contributed by atoms with Crippen molar-refractivity contribution in [2.24, 2.45) is 0 Å². The van der Waals surface area contributed by atoms with Gasteiger partial charge >= 0.3 is 5.97 Å². The number of esters is 1. The monoisotopic (exact) mass is 479 g/mol. The summed E-state index contributed by atoms with van der Waals surface area (Å²) in [6, 6.07) is 5.39. The van der Waals surface area contributed by atoms with E-state index in [4.69, 9.17) is 21.1 Å². The third kappa shape index (κ3) is 5.14. The molecule has 0 radical (unpaired) electrons. The molecular weight excluding hydrogens is 461 g/mol. The van der Waals surface area contributed by atoms with Gasteiger partial charge in [-0.1, -0.05) is 11.6 Å². The molecule has 0 fully saturated rings. The number of aromatic nitrogens is 2. The van der Waals surface area contributed by atoms with Gasteiger partial charge in [0.2, 0.25) is 0 Å². The molecule has 0 saturated carbocycles. The van der Waals surface area contributed by atoms with Gasteiger partial charge < -0.3 is 14.8 Å². The number of hydrogen-bond donors (Lipinski definition) is 1. The smallest absolute Gasteiger partial charge is 0.341 e. The highest BCUT2D eigenvalue weighted by Crippen LogP contribution is 2.34. The lowest BCUT2D eigenvalue weighted by atomic mass is 10.1. The Morgan fingerprint density at radius 2 is 2.03 bits per heavy atom. The SMILES string of the molecule is CCOC(=O)c1c(NC(=O)c2ccn(COc3ccc(F)c(Cl)c3)n2)sc(C(C)=O)c1C. The number of carbonyl (C=O) groups is 3. The third-order valence-corrected chi connectivity index (χ3v) is 5.90. The number of hydrogen-bond acceptors (Lipinski definition) is 7. The summed E-state index contributed by atoms with van der Waals surface area (Å²) in [7, 11) is 0. The van der Waals surface area contributed by atoms with Crippen molar-refractivity contribution in [2.75, 3.05) is 11.9 Å². The van der Waals surface area contributed by atoms with Crippen LogP contribution in [0.5, 0.6) is 5.75 Å². The molecule has 0 aliphatic rings. The Morgan fingerprint density at radius 1 is 1.28 bits per heavy atom. The molecule has 32 heavy (non-hydrogen) atoms. The Morgan fingerprint density at radius 3 is 2.69 bits per heavy atom. The molecule has 0 atom stereocenters. The number of nitrogens with one attached hydrogen (secondary N) is 1. The number of ketones is 1. The number of ether oxygens (including phenoxy) is 2. The summed E-state index contributed by atoms with van der Waals surface area (Å²) in [5, 5.41) is 6.90. The van der Waals surface area contributed by atoms with Crippen molar-refractivity contribution in [3.63, 3.8) is 0 Å². The Kier molecular flexibility index (Phi) is 7.26. The van der Waals surface area contributed by atoms with Crippen LogP contribution in [0.1, 0.15) is 49.9 Å². The first-order valence-electron chi connectivity index (χ1n) is 9.45. The van der Waals surface area contributed by atoms with E-state index in [2.05, 4.69) is 10.4 Å². The van der Waals surface area contributed by atoms with E-state index < -0.39 is 17.7 Å². The van der Waals surface area contributed by atoms with E-state index in [0.29, 0.717) is 16.2 Å². The predicted molar refractivity (Wildman–Crippen MR) is 117 cm³/mol. The minimum absolute atomic E-state index is 0.0457. The van der Waals surface area contributed by atoms with E-state index in [9.17, 15) is 18.8 Å². The fourth-order valence-electron chi connectivity index (χ4n) is 2.82. The Bertz CT molecular complexity index is 1190. The number of halogens is 2. The van der Waals surface area contributed by atoms with Gasteiger partial charge in [0.1, 0.15) is 16.6 Å². The van der Waals surface area contributed by atoms with Crippen molar-refractivity contribution in [1.29, 1.82) is 0 Å². The quantitative estimate of drug-likeness (QED) is 0.371. The van der Waals surface area contributed by atoms with Gasteiger partial charge in [-0.3, -0.25) is 9.59 Å². The third-order valence-electron chi connectivity index (χ3n) is 4.30. The van der Waals surface area contributed by atoms with E-state index in [1.807, 2.05) is 0 Å². The van der Waals surface area contributed by atoms with Gasteiger partial charge in [-0.2, -0.15) is 5.10 Å². The number of benzene rings is 1. The summed E-state index contributed by atoms with van der Waals surface area (Å²) in [6.45, 7) is 4.78. The van der Waals surface area contributed by atoms with E-state index in [-0.39, 0.29) is 40.4 Å². The maximum atomic E-state index is 13.2. The minimum Gasteiger partial charge on any atom is -0.471 e. The van der Waals surface area contributed by atoms with Crippen molar-refractivity contribution in [3.8, 4) is 5.75 Å². The number of thiophene rings is 1. The fraction of sp³-hybridized carbons (Fsp3) is 0.238. The molecule has 1 N–H and O–H groups in total. The largest absolute Gasteiger partial charge is 0.471 e. The van der Waals surface area contributed by atoms with Crippen LogP contribution in [0.15, 0.2) is 30.5 Å². The second kappa shape index (κ2) is 9.92. The zero-order chi connectivity index (χ0) is 23.4. The Labute approximate surface area is 191 Å². The highest BCUT2D eigenvalue weighted by atomic mass is 35.5. The van der Waals surface area contributed by atoms with E-state index in [1.165, 1.54) is 42.1 Å². The van der Waals surface area contributed by atoms with Crippen molar-refractivity contribution in [2.45, 2.75) is 27.5 Å². The van der Waals surface area contributed by atoms with Gasteiger partial charge in [-0.05, 0) is 44.5 Å². The van der Waals surface area contributed by atoms with Crippen LogP contribution in [0.25, 0.3) is 0 Å². The molecule has 0 aliphatic heterocycles. The molecule has 0 spiro atoms. The van der Waals surface area contributed by atoms with Crippen LogP contribution in [-0.4, -0.2) is 34.0 Å². The van der Waals surface area contributed by atoms with E-state index in [1.54, 1.807) is 13.8 Å². The first kappa shape index (κ1) is 23.4. The molecule has 2 aromatic heterocycles. The molecule has 1 aromatic carbocycles. The average molecular weight is 480 g/mol. The zero-order valence-corrected chi connectivity index (χ0v) is 19.0. The van der Waals surface area contributed by atoms with Crippen molar-refractivity contribution in [3.05, 3.63) is 63.0 Å². The van der Waals surface area contributed by atoms with Crippen molar-refractivity contribution in [1.82, 2.24) is 9.78 Å². The van der Waals surface area contributed by atoms with Crippen LogP contribution in [0.2, 0.25) is 5.02 Å². The summed E-state index contributed by atoms with van der Waals surface area (Å²) < 4.78 is 25.1. The summed E-state index contributed by atoms with van der Waals surface area (Å²) in [4.78, 5) is 37.3. The molecule has 8 nitrogen and oxygen atoms in total. The topological polar surface area (TPSA) is 99.5 Å². The van der Waals surface area contributed by atoms with E-state index >= 15 is 0 Å². The van der Waals surface area contributed by atoms with Crippen LogP contribution < -0.4 is 10.1 Å². The van der Waals surface area contributed by atoms with Crippen molar-refractivity contribution < 1.29 is 28.2 Å². The maximum Gasteiger partial charge on any atom is 0.341 e. The standard InChI is InChI=1S/C21H19ClFN3O5S/c1-4-30-21(29)17-11(2)18(12(3)27)32-20(17)24-19(28)16-7-8-26(25-16)10-31-13-5-6-15(23)14(22)9-13/h5-9H,4,10H2,1-3H3,(H,24,28). The lowest BCUT2D eigenvalue weighted by molar-refractivity contribution is 0.0527. The Hall–Kier alpha value is -3.24. The van der Waals surface area contributed by atoms with Crippen LogP contribution in [0.3, 0.4) is 0 Å². The first-order valence-corrected chi connectivity index (χ1v) is 10.6. The second-order valence-corrected chi connectivity index (χ2v) is 8.01. The minimum atomic E-state index is -0.624. The molecule has 0 saturated heterocycles.